The monoisotopic (exact) mass is 425 g/mol. The van der Waals surface area contributed by atoms with Crippen molar-refractivity contribution in [3.8, 4) is 6.01 Å². The van der Waals surface area contributed by atoms with E-state index < -0.39 is 40.8 Å². The van der Waals surface area contributed by atoms with Crippen LogP contribution in [0, 0.1) is 6.92 Å². The Hall–Kier alpha value is -2.67. The molecule has 0 atom stereocenters. The van der Waals surface area contributed by atoms with E-state index in [4.69, 9.17) is 11.6 Å². The van der Waals surface area contributed by atoms with Crippen molar-refractivity contribution in [2.75, 3.05) is 11.9 Å². The number of carbonyl (C=O) groups excluding carboxylic acids is 1. The predicted molar refractivity (Wildman–Crippen MR) is 86.9 cm³/mol. The third kappa shape index (κ3) is 6.21. The smallest absolute Gasteiger partial charge is 0.422 e. The summed E-state index contributed by atoms with van der Waals surface area (Å²) < 4.78 is 66.9. The van der Waals surface area contributed by atoms with Crippen LogP contribution in [0.25, 0.3) is 0 Å². The molecule has 1 heterocycles. The second kappa shape index (κ2) is 7.92. The standard InChI is InChI=1S/C13H11ClF3N5O4S/c1-7-18-10(21-12(19-7)26-6-13(15,16)17)20-11(23)22-27(24,25)9-5-3-2-4-8(9)14/h2-5H,6H2,1H3,(H2,18,19,20,21,22,23). The summed E-state index contributed by atoms with van der Waals surface area (Å²) in [5.74, 6) is -0.571. The van der Waals surface area contributed by atoms with Crippen molar-refractivity contribution in [2.45, 2.75) is 18.0 Å². The van der Waals surface area contributed by atoms with E-state index in [1.807, 2.05) is 5.32 Å². The van der Waals surface area contributed by atoms with Crippen molar-refractivity contribution < 1.29 is 31.1 Å². The van der Waals surface area contributed by atoms with Crippen molar-refractivity contribution >= 4 is 33.6 Å². The highest BCUT2D eigenvalue weighted by atomic mass is 35.5. The average molecular weight is 426 g/mol. The topological polar surface area (TPSA) is 123 Å². The minimum absolute atomic E-state index is 0.0635. The number of benzene rings is 1. The number of alkyl halides is 3. The van der Waals surface area contributed by atoms with E-state index in [0.29, 0.717) is 0 Å². The number of nitrogens with zero attached hydrogens (tertiary/aromatic N) is 3. The first-order valence-electron chi connectivity index (χ1n) is 6.97. The molecule has 14 heteroatoms. The fraction of sp³-hybridized carbons (Fsp3) is 0.231. The number of sulfonamides is 1. The number of carbonyl (C=O) groups is 1. The minimum Gasteiger partial charge on any atom is -0.454 e. The number of urea groups is 1. The number of hydrogen-bond donors (Lipinski definition) is 2. The van der Waals surface area contributed by atoms with Gasteiger partial charge in [-0.2, -0.15) is 28.1 Å². The Morgan fingerprint density at radius 1 is 1.22 bits per heavy atom. The molecular formula is C13H11ClF3N5O4S. The lowest BCUT2D eigenvalue weighted by Crippen LogP contribution is -2.35. The van der Waals surface area contributed by atoms with Crippen LogP contribution in [-0.2, 0) is 10.0 Å². The van der Waals surface area contributed by atoms with Crippen LogP contribution in [-0.4, -0.2) is 42.2 Å². The van der Waals surface area contributed by atoms with Gasteiger partial charge in [-0.3, -0.25) is 5.32 Å². The van der Waals surface area contributed by atoms with Crippen molar-refractivity contribution in [1.29, 1.82) is 0 Å². The highest BCUT2D eigenvalue weighted by molar-refractivity contribution is 7.90. The van der Waals surface area contributed by atoms with Gasteiger partial charge in [0.1, 0.15) is 10.7 Å². The molecule has 0 aliphatic rings. The number of aryl methyl sites for hydroxylation is 1. The second-order valence-electron chi connectivity index (χ2n) is 4.88. The molecule has 2 amide bonds. The lowest BCUT2D eigenvalue weighted by Gasteiger charge is -2.11. The molecule has 27 heavy (non-hydrogen) atoms. The van der Waals surface area contributed by atoms with Gasteiger partial charge in [0.05, 0.1) is 5.02 Å². The summed E-state index contributed by atoms with van der Waals surface area (Å²) in [6.07, 6.45) is -4.62. The molecular weight excluding hydrogens is 415 g/mol. The molecule has 0 radical (unpaired) electrons. The molecule has 0 saturated carbocycles. The quantitative estimate of drug-likeness (QED) is 0.753. The Bertz CT molecular complexity index is 955. The van der Waals surface area contributed by atoms with Gasteiger partial charge in [0.2, 0.25) is 5.95 Å². The van der Waals surface area contributed by atoms with Gasteiger partial charge in [-0.1, -0.05) is 23.7 Å². The molecule has 0 saturated heterocycles. The summed E-state index contributed by atoms with van der Waals surface area (Å²) in [5.41, 5.74) is 0. The predicted octanol–water partition coefficient (Wildman–Crippen LogP) is 2.28. The summed E-state index contributed by atoms with van der Waals surface area (Å²) >= 11 is 5.77. The number of halogens is 4. The van der Waals surface area contributed by atoms with Crippen LogP contribution < -0.4 is 14.8 Å². The number of hydrogen-bond acceptors (Lipinski definition) is 7. The van der Waals surface area contributed by atoms with Crippen molar-refractivity contribution in [2.24, 2.45) is 0 Å². The lowest BCUT2D eigenvalue weighted by atomic mass is 10.4. The van der Waals surface area contributed by atoms with Crippen molar-refractivity contribution in [1.82, 2.24) is 19.7 Å². The number of nitrogens with one attached hydrogen (secondary N) is 2. The highest BCUT2D eigenvalue weighted by Gasteiger charge is 2.29. The molecule has 2 aromatic rings. The lowest BCUT2D eigenvalue weighted by molar-refractivity contribution is -0.154. The SMILES string of the molecule is Cc1nc(NC(=O)NS(=O)(=O)c2ccccc2Cl)nc(OCC(F)(F)F)n1. The maximum absolute atomic E-state index is 12.2. The van der Waals surface area contributed by atoms with Gasteiger partial charge in [0, 0.05) is 0 Å². The van der Waals surface area contributed by atoms with Crippen LogP contribution in [0.1, 0.15) is 5.82 Å². The molecule has 9 nitrogen and oxygen atoms in total. The molecule has 0 fully saturated rings. The highest BCUT2D eigenvalue weighted by Crippen LogP contribution is 2.20. The van der Waals surface area contributed by atoms with E-state index in [1.54, 1.807) is 4.72 Å². The molecule has 2 rings (SSSR count). The number of amides is 2. The molecule has 1 aromatic carbocycles. The van der Waals surface area contributed by atoms with E-state index in [1.165, 1.54) is 31.2 Å². The van der Waals surface area contributed by atoms with Gasteiger partial charge in [-0.25, -0.2) is 17.9 Å². The summed E-state index contributed by atoms with van der Waals surface area (Å²) in [7, 11) is -4.31. The van der Waals surface area contributed by atoms with Crippen LogP contribution in [0.15, 0.2) is 29.2 Å². The van der Waals surface area contributed by atoms with Gasteiger partial charge in [0.25, 0.3) is 10.0 Å². The second-order valence-corrected chi connectivity index (χ2v) is 6.94. The zero-order chi connectivity index (χ0) is 20.2. The number of aromatic nitrogens is 3. The van der Waals surface area contributed by atoms with Crippen molar-refractivity contribution in [3.63, 3.8) is 0 Å². The van der Waals surface area contributed by atoms with Crippen molar-refractivity contribution in [3.05, 3.63) is 35.1 Å². The van der Waals surface area contributed by atoms with Gasteiger partial charge in [0.15, 0.2) is 6.61 Å². The van der Waals surface area contributed by atoms with E-state index in [0.717, 1.165) is 0 Å². The third-order valence-electron chi connectivity index (χ3n) is 2.67. The van der Waals surface area contributed by atoms with Gasteiger partial charge in [-0.15, -0.1) is 0 Å². The number of anilines is 1. The first-order valence-corrected chi connectivity index (χ1v) is 8.83. The van der Waals surface area contributed by atoms with Crippen LogP contribution in [0.5, 0.6) is 6.01 Å². The van der Waals surface area contributed by atoms with E-state index >= 15 is 0 Å². The minimum atomic E-state index is -4.62. The van der Waals surface area contributed by atoms with E-state index in [2.05, 4.69) is 19.7 Å². The zero-order valence-corrected chi connectivity index (χ0v) is 15.0. The van der Waals surface area contributed by atoms with Crippen LogP contribution in [0.3, 0.4) is 0 Å². The largest absolute Gasteiger partial charge is 0.454 e. The molecule has 0 spiro atoms. The third-order valence-corrected chi connectivity index (χ3v) is 4.50. The average Bonchev–Trinajstić information content (AvgIpc) is 2.51. The first kappa shape index (κ1) is 20.6. The Kier molecular flexibility index (Phi) is 6.05. The summed E-state index contributed by atoms with van der Waals surface area (Å²) in [4.78, 5) is 22.2. The van der Waals surface area contributed by atoms with Crippen LogP contribution in [0.2, 0.25) is 5.02 Å². The van der Waals surface area contributed by atoms with Gasteiger partial charge >= 0.3 is 18.2 Å². The Labute approximate surface area is 156 Å². The molecule has 146 valence electrons. The van der Waals surface area contributed by atoms with Crippen LogP contribution >= 0.6 is 11.6 Å². The Morgan fingerprint density at radius 3 is 2.52 bits per heavy atom. The van der Waals surface area contributed by atoms with E-state index in [9.17, 15) is 26.4 Å². The normalized spacial score (nSPS) is 11.7. The molecule has 1 aromatic heterocycles. The molecule has 2 N–H and O–H groups in total. The van der Waals surface area contributed by atoms with E-state index in [-0.39, 0.29) is 15.7 Å². The molecule has 0 aliphatic carbocycles. The summed E-state index contributed by atoms with van der Waals surface area (Å²) in [6.45, 7) is -0.339. The first-order chi connectivity index (χ1) is 12.5. The molecule has 0 bridgehead atoms. The summed E-state index contributed by atoms with van der Waals surface area (Å²) in [6, 6.07) is 3.43. The zero-order valence-electron chi connectivity index (χ0n) is 13.4. The van der Waals surface area contributed by atoms with Gasteiger partial charge < -0.3 is 4.74 Å². The summed E-state index contributed by atoms with van der Waals surface area (Å²) in [5, 5.41) is 1.86. The Balaban J connectivity index is 2.11. The molecule has 0 unspecified atom stereocenters. The fourth-order valence-corrected chi connectivity index (χ4v) is 3.12. The van der Waals surface area contributed by atoms with Crippen LogP contribution in [0.4, 0.5) is 23.9 Å². The fourth-order valence-electron chi connectivity index (χ4n) is 1.69. The van der Waals surface area contributed by atoms with Gasteiger partial charge in [-0.05, 0) is 19.1 Å². The number of rotatable bonds is 5. The Morgan fingerprint density at radius 2 is 1.89 bits per heavy atom. The molecule has 0 aliphatic heterocycles. The number of ether oxygens (including phenoxy) is 1. The maximum Gasteiger partial charge on any atom is 0.422 e. The maximum atomic E-state index is 12.2.